The molecule has 0 unspecified atom stereocenters. The van der Waals surface area contributed by atoms with Gasteiger partial charge in [0.2, 0.25) is 15.0 Å². The van der Waals surface area contributed by atoms with Crippen LogP contribution >= 0.6 is 0 Å². The number of rotatable bonds is 5. The third-order valence-electron chi connectivity index (χ3n) is 5.81. The van der Waals surface area contributed by atoms with Crippen molar-refractivity contribution in [2.75, 3.05) is 13.3 Å². The lowest BCUT2D eigenvalue weighted by atomic mass is 9.95. The Bertz CT molecular complexity index is 1660. The lowest BCUT2D eigenvalue weighted by Crippen LogP contribution is -2.24. The Balaban J connectivity index is 2.05. The topological polar surface area (TPSA) is 89.0 Å². The molecule has 0 atom stereocenters. The zero-order valence-corrected chi connectivity index (χ0v) is 21.1. The van der Waals surface area contributed by atoms with E-state index in [-0.39, 0.29) is 23.0 Å². The highest BCUT2D eigenvalue weighted by Gasteiger charge is 2.37. The van der Waals surface area contributed by atoms with Gasteiger partial charge in [-0.1, -0.05) is 42.5 Å². The van der Waals surface area contributed by atoms with Crippen LogP contribution in [0.2, 0.25) is 0 Å². The van der Waals surface area contributed by atoms with Crippen molar-refractivity contribution in [1.82, 2.24) is 15.3 Å². The zero-order valence-electron chi connectivity index (χ0n) is 20.3. The molecule has 0 aliphatic carbocycles. The molecule has 0 spiro atoms. The van der Waals surface area contributed by atoms with Crippen LogP contribution in [0.25, 0.3) is 22.0 Å². The van der Waals surface area contributed by atoms with Crippen molar-refractivity contribution in [3.63, 3.8) is 0 Å². The molecule has 0 saturated heterocycles. The summed E-state index contributed by atoms with van der Waals surface area (Å²) in [5, 5.41) is 2.92. The quantitative estimate of drug-likeness (QED) is 0.247. The minimum absolute atomic E-state index is 0.0212. The smallest absolute Gasteiger partial charge is 0.355 e. The summed E-state index contributed by atoms with van der Waals surface area (Å²) in [5.41, 5.74) is -4.06. The average molecular weight is 568 g/mol. The van der Waals surface area contributed by atoms with Crippen LogP contribution in [0.3, 0.4) is 0 Å². The molecule has 4 aromatic rings. The lowest BCUT2D eigenvalue weighted by molar-refractivity contribution is -0.143. The second kappa shape index (κ2) is 9.95. The van der Waals surface area contributed by atoms with Crippen molar-refractivity contribution in [2.45, 2.75) is 23.9 Å². The molecule has 0 radical (unpaired) electrons. The first-order valence-corrected chi connectivity index (χ1v) is 13.1. The van der Waals surface area contributed by atoms with Crippen molar-refractivity contribution in [1.29, 1.82) is 0 Å². The van der Waals surface area contributed by atoms with Gasteiger partial charge in [0.15, 0.2) is 0 Å². The van der Waals surface area contributed by atoms with E-state index in [4.69, 9.17) is 0 Å². The molecule has 4 rings (SSSR count). The number of hydrogen-bond acceptors (Lipinski definition) is 5. The van der Waals surface area contributed by atoms with E-state index >= 15 is 0 Å². The summed E-state index contributed by atoms with van der Waals surface area (Å²) in [6.07, 6.45) is -10.1. The molecule has 0 aliphatic rings. The number of carbonyl (C=O) groups excluding carboxylic acids is 1. The van der Waals surface area contributed by atoms with Crippen molar-refractivity contribution in [3.8, 4) is 11.3 Å². The van der Waals surface area contributed by atoms with Gasteiger partial charge < -0.3 is 5.32 Å². The van der Waals surface area contributed by atoms with Gasteiger partial charge in [-0.15, -0.1) is 0 Å². The summed E-state index contributed by atoms with van der Waals surface area (Å²) in [4.78, 5) is 21.1. The number of hydrogen-bond donors (Lipinski definition) is 1. The first-order chi connectivity index (χ1) is 18.1. The molecular formula is C26H19F6N3O3S. The van der Waals surface area contributed by atoms with Gasteiger partial charge >= 0.3 is 12.4 Å². The van der Waals surface area contributed by atoms with Gasteiger partial charge in [-0.05, 0) is 34.5 Å². The van der Waals surface area contributed by atoms with Gasteiger partial charge in [-0.2, -0.15) is 26.3 Å². The Morgan fingerprint density at radius 1 is 0.872 bits per heavy atom. The van der Waals surface area contributed by atoms with Crippen LogP contribution in [-0.2, 0) is 28.6 Å². The Labute approximate surface area is 218 Å². The summed E-state index contributed by atoms with van der Waals surface area (Å²) >= 11 is 0. The summed E-state index contributed by atoms with van der Waals surface area (Å²) in [6, 6.07) is 12.9. The van der Waals surface area contributed by atoms with Gasteiger partial charge in [0.1, 0.15) is 0 Å². The molecule has 0 bridgehead atoms. The summed E-state index contributed by atoms with van der Waals surface area (Å²) in [7, 11) is -2.87. The third kappa shape index (κ3) is 5.87. The standard InChI is InChI=1S/C26H19F6N3O3S/c1-33-23(36)21-20(12-14-10-16(25(27,28)29)13-17(11-14)26(30,31)32)34-24(39(2,37)38)35-22(21)19-9-5-7-15-6-3-4-8-18(15)19/h3-11,13H,12H2,1-2H3,(H,33,36). The van der Waals surface area contributed by atoms with Crippen LogP contribution in [0.5, 0.6) is 0 Å². The maximum Gasteiger partial charge on any atom is 0.416 e. The SMILES string of the molecule is CNC(=O)c1c(Cc2cc(C(F)(F)F)cc(C(F)(F)F)c2)nc(S(C)(=O)=O)nc1-c1cccc2ccccc12. The fourth-order valence-electron chi connectivity index (χ4n) is 4.08. The Morgan fingerprint density at radius 3 is 2.03 bits per heavy atom. The van der Waals surface area contributed by atoms with Crippen LogP contribution in [0.4, 0.5) is 26.3 Å². The van der Waals surface area contributed by atoms with E-state index in [1.807, 2.05) is 0 Å². The largest absolute Gasteiger partial charge is 0.416 e. The van der Waals surface area contributed by atoms with Crippen LogP contribution in [-0.4, -0.2) is 37.6 Å². The number of alkyl halides is 6. The molecule has 204 valence electrons. The first kappa shape index (κ1) is 28.0. The molecule has 0 aliphatic heterocycles. The molecule has 3 aromatic carbocycles. The van der Waals surface area contributed by atoms with E-state index < -0.39 is 56.4 Å². The lowest BCUT2D eigenvalue weighted by Gasteiger charge is -2.17. The molecule has 0 fully saturated rings. The summed E-state index contributed by atoms with van der Waals surface area (Å²) < 4.78 is 106. The van der Waals surface area contributed by atoms with Crippen LogP contribution in [0.15, 0.2) is 65.8 Å². The van der Waals surface area contributed by atoms with Crippen molar-refractivity contribution in [3.05, 3.63) is 88.6 Å². The number of sulfone groups is 1. The second-order valence-electron chi connectivity index (χ2n) is 8.65. The zero-order chi connectivity index (χ0) is 28.8. The van der Waals surface area contributed by atoms with Gasteiger partial charge in [-0.3, -0.25) is 4.79 Å². The minimum Gasteiger partial charge on any atom is -0.355 e. The first-order valence-electron chi connectivity index (χ1n) is 11.2. The van der Waals surface area contributed by atoms with Gasteiger partial charge in [-0.25, -0.2) is 18.4 Å². The fraction of sp³-hybridized carbons (Fsp3) is 0.192. The maximum absolute atomic E-state index is 13.5. The predicted molar refractivity (Wildman–Crippen MR) is 131 cm³/mol. The average Bonchev–Trinajstić information content (AvgIpc) is 2.85. The van der Waals surface area contributed by atoms with Crippen molar-refractivity contribution in [2.24, 2.45) is 0 Å². The maximum atomic E-state index is 13.5. The highest BCUT2D eigenvalue weighted by atomic mass is 32.2. The number of nitrogens with one attached hydrogen (secondary N) is 1. The predicted octanol–water partition coefficient (Wildman–Crippen LogP) is 5.69. The number of benzene rings is 3. The fourth-order valence-corrected chi connectivity index (χ4v) is 4.62. The number of halogens is 6. The van der Waals surface area contributed by atoms with Crippen molar-refractivity contribution >= 4 is 26.5 Å². The Hall–Kier alpha value is -4.00. The molecule has 6 nitrogen and oxygen atoms in total. The molecular weight excluding hydrogens is 548 g/mol. The second-order valence-corrected chi connectivity index (χ2v) is 10.6. The van der Waals surface area contributed by atoms with Crippen LogP contribution in [0.1, 0.15) is 32.7 Å². The molecule has 1 amide bonds. The van der Waals surface area contributed by atoms with E-state index in [2.05, 4.69) is 15.3 Å². The van der Waals surface area contributed by atoms with Gasteiger partial charge in [0.05, 0.1) is 28.1 Å². The Morgan fingerprint density at radius 2 is 1.46 bits per heavy atom. The summed E-state index contributed by atoms with van der Waals surface area (Å²) in [6.45, 7) is 0. The summed E-state index contributed by atoms with van der Waals surface area (Å²) in [5.74, 6) is -0.809. The molecule has 13 heteroatoms. The molecule has 1 aromatic heterocycles. The Kier molecular flexibility index (Phi) is 7.15. The van der Waals surface area contributed by atoms with E-state index in [0.717, 1.165) is 6.26 Å². The molecule has 1 heterocycles. The van der Waals surface area contributed by atoms with E-state index in [0.29, 0.717) is 28.5 Å². The van der Waals surface area contributed by atoms with Crippen molar-refractivity contribution < 1.29 is 39.6 Å². The van der Waals surface area contributed by atoms with E-state index in [1.165, 1.54) is 7.05 Å². The molecule has 0 saturated carbocycles. The number of aromatic nitrogens is 2. The highest BCUT2D eigenvalue weighted by molar-refractivity contribution is 7.90. The van der Waals surface area contributed by atoms with E-state index in [1.54, 1.807) is 42.5 Å². The normalized spacial score (nSPS) is 12.5. The van der Waals surface area contributed by atoms with Gasteiger partial charge in [0.25, 0.3) is 5.91 Å². The third-order valence-corrected chi connectivity index (χ3v) is 6.66. The minimum atomic E-state index is -5.10. The number of nitrogens with zero attached hydrogens (tertiary/aromatic N) is 2. The molecule has 39 heavy (non-hydrogen) atoms. The number of fused-ring (bicyclic) bond motifs is 1. The monoisotopic (exact) mass is 567 g/mol. The van der Waals surface area contributed by atoms with Crippen LogP contribution < -0.4 is 5.32 Å². The van der Waals surface area contributed by atoms with E-state index in [9.17, 15) is 39.6 Å². The highest BCUT2D eigenvalue weighted by Crippen LogP contribution is 2.38. The van der Waals surface area contributed by atoms with Crippen LogP contribution in [0, 0.1) is 0 Å². The molecule has 1 N–H and O–H groups in total. The number of amides is 1. The van der Waals surface area contributed by atoms with Gasteiger partial charge in [0, 0.05) is 25.3 Å². The number of carbonyl (C=O) groups is 1.